The lowest BCUT2D eigenvalue weighted by atomic mass is 10.2. The van der Waals surface area contributed by atoms with Crippen LogP contribution in [0.1, 0.15) is 15.5 Å². The molecule has 0 aliphatic rings. The minimum absolute atomic E-state index is 0.276. The predicted octanol–water partition coefficient (Wildman–Crippen LogP) is 3.93. The van der Waals surface area contributed by atoms with Crippen LogP contribution in [0.4, 0.5) is 21.2 Å². The molecule has 4 aromatic rings. The van der Waals surface area contributed by atoms with Gasteiger partial charge in [-0.25, -0.2) is 4.79 Å². The van der Waals surface area contributed by atoms with Crippen molar-refractivity contribution in [3.8, 4) is 5.69 Å². The van der Waals surface area contributed by atoms with E-state index in [1.807, 2.05) is 24.3 Å². The van der Waals surface area contributed by atoms with E-state index in [4.69, 9.17) is 0 Å². The molecule has 30 heavy (non-hydrogen) atoms. The Balaban J connectivity index is 1.40. The SMILES string of the molecule is Cc1nnnn1-c1cccc(NC(=O)c2ccc(NC(=O)Nc3ccccc3)s2)c1. The molecule has 3 amide bonds. The Morgan fingerprint density at radius 1 is 0.900 bits per heavy atom. The number of amides is 3. The number of carbonyl (C=O) groups is 2. The van der Waals surface area contributed by atoms with Crippen LogP contribution in [0.25, 0.3) is 5.69 Å². The van der Waals surface area contributed by atoms with E-state index < -0.39 is 0 Å². The van der Waals surface area contributed by atoms with Crippen molar-refractivity contribution in [1.82, 2.24) is 20.2 Å². The molecule has 2 aromatic carbocycles. The van der Waals surface area contributed by atoms with Crippen LogP contribution in [0.5, 0.6) is 0 Å². The van der Waals surface area contributed by atoms with E-state index >= 15 is 0 Å². The Morgan fingerprint density at radius 2 is 1.70 bits per heavy atom. The fourth-order valence-electron chi connectivity index (χ4n) is 2.70. The molecule has 0 unspecified atom stereocenters. The number of aromatic nitrogens is 4. The van der Waals surface area contributed by atoms with E-state index in [0.717, 1.165) is 5.69 Å². The van der Waals surface area contributed by atoms with Crippen LogP contribution in [0.2, 0.25) is 0 Å². The number of benzene rings is 2. The molecular weight excluding hydrogens is 402 g/mol. The number of para-hydroxylation sites is 1. The van der Waals surface area contributed by atoms with Crippen molar-refractivity contribution >= 4 is 39.7 Å². The quantitative estimate of drug-likeness (QED) is 0.454. The molecule has 0 aliphatic heterocycles. The third-order valence-electron chi connectivity index (χ3n) is 4.07. The predicted molar refractivity (Wildman–Crippen MR) is 115 cm³/mol. The molecular formula is C20H17N7O2S. The van der Waals surface area contributed by atoms with E-state index in [9.17, 15) is 9.59 Å². The van der Waals surface area contributed by atoms with Crippen molar-refractivity contribution in [1.29, 1.82) is 0 Å². The summed E-state index contributed by atoms with van der Waals surface area (Å²) in [6, 6.07) is 19.3. The summed E-state index contributed by atoms with van der Waals surface area (Å²) in [5.74, 6) is 0.364. The first-order chi connectivity index (χ1) is 14.6. The van der Waals surface area contributed by atoms with Gasteiger partial charge in [-0.1, -0.05) is 24.3 Å². The normalized spacial score (nSPS) is 10.4. The molecule has 0 spiro atoms. The van der Waals surface area contributed by atoms with Gasteiger partial charge in [0, 0.05) is 11.4 Å². The third-order valence-corrected chi connectivity index (χ3v) is 5.07. The average Bonchev–Trinajstić information content (AvgIpc) is 3.38. The summed E-state index contributed by atoms with van der Waals surface area (Å²) in [6.45, 7) is 1.79. The summed E-state index contributed by atoms with van der Waals surface area (Å²) in [4.78, 5) is 25.2. The van der Waals surface area contributed by atoms with E-state index in [1.54, 1.807) is 54.1 Å². The van der Waals surface area contributed by atoms with Gasteiger partial charge >= 0.3 is 6.03 Å². The van der Waals surface area contributed by atoms with Crippen molar-refractivity contribution in [2.24, 2.45) is 0 Å². The van der Waals surface area contributed by atoms with Crippen LogP contribution in [0, 0.1) is 6.92 Å². The minimum atomic E-state index is -0.375. The monoisotopic (exact) mass is 419 g/mol. The molecule has 0 radical (unpaired) electrons. The van der Waals surface area contributed by atoms with Crippen LogP contribution >= 0.6 is 11.3 Å². The number of hydrogen-bond donors (Lipinski definition) is 3. The van der Waals surface area contributed by atoms with Crippen molar-refractivity contribution in [2.75, 3.05) is 16.0 Å². The van der Waals surface area contributed by atoms with Gasteiger partial charge in [0.15, 0.2) is 5.82 Å². The second-order valence-electron chi connectivity index (χ2n) is 6.25. The summed E-state index contributed by atoms with van der Waals surface area (Å²) >= 11 is 1.18. The zero-order chi connectivity index (χ0) is 20.9. The van der Waals surface area contributed by atoms with E-state index in [2.05, 4.69) is 31.5 Å². The molecule has 0 saturated heterocycles. The zero-order valence-corrected chi connectivity index (χ0v) is 16.7. The van der Waals surface area contributed by atoms with E-state index in [0.29, 0.717) is 27.1 Å². The number of nitrogens with zero attached hydrogens (tertiary/aromatic N) is 4. The Labute approximate surface area is 175 Å². The van der Waals surface area contributed by atoms with Crippen molar-refractivity contribution < 1.29 is 9.59 Å². The summed E-state index contributed by atoms with van der Waals surface area (Å²) in [6.07, 6.45) is 0. The Bertz CT molecular complexity index is 1190. The summed E-state index contributed by atoms with van der Waals surface area (Å²) in [5.41, 5.74) is 2.03. The molecule has 0 bridgehead atoms. The van der Waals surface area contributed by atoms with Crippen molar-refractivity contribution in [3.63, 3.8) is 0 Å². The molecule has 2 aromatic heterocycles. The molecule has 3 N–H and O–H groups in total. The Morgan fingerprint density at radius 3 is 2.47 bits per heavy atom. The Hall–Kier alpha value is -4.05. The first kappa shape index (κ1) is 19.3. The highest BCUT2D eigenvalue weighted by atomic mass is 32.1. The van der Waals surface area contributed by atoms with Gasteiger partial charge in [0.25, 0.3) is 5.91 Å². The van der Waals surface area contributed by atoms with Crippen LogP contribution < -0.4 is 16.0 Å². The highest BCUT2D eigenvalue weighted by Crippen LogP contribution is 2.24. The van der Waals surface area contributed by atoms with Crippen LogP contribution in [-0.4, -0.2) is 32.1 Å². The average molecular weight is 419 g/mol. The molecule has 4 rings (SSSR count). The molecule has 0 saturated carbocycles. The smallest absolute Gasteiger partial charge is 0.321 e. The van der Waals surface area contributed by atoms with Gasteiger partial charge < -0.3 is 10.6 Å². The lowest BCUT2D eigenvalue weighted by Crippen LogP contribution is -2.18. The Kier molecular flexibility index (Phi) is 5.48. The number of thiophene rings is 1. The summed E-state index contributed by atoms with van der Waals surface area (Å²) in [7, 11) is 0. The van der Waals surface area contributed by atoms with Gasteiger partial charge in [0.2, 0.25) is 0 Å². The zero-order valence-electron chi connectivity index (χ0n) is 15.9. The van der Waals surface area contributed by atoms with Crippen molar-refractivity contribution in [2.45, 2.75) is 6.92 Å². The maximum Gasteiger partial charge on any atom is 0.324 e. The molecule has 9 nitrogen and oxygen atoms in total. The van der Waals surface area contributed by atoms with Crippen molar-refractivity contribution in [3.05, 3.63) is 77.4 Å². The first-order valence-corrected chi connectivity index (χ1v) is 9.80. The van der Waals surface area contributed by atoms with Crippen LogP contribution in [0.15, 0.2) is 66.7 Å². The maximum atomic E-state index is 12.6. The number of hydrogen-bond acceptors (Lipinski definition) is 6. The van der Waals surface area contributed by atoms with E-state index in [-0.39, 0.29) is 11.9 Å². The molecule has 0 fully saturated rings. The highest BCUT2D eigenvalue weighted by Gasteiger charge is 2.12. The number of urea groups is 1. The number of rotatable bonds is 5. The largest absolute Gasteiger partial charge is 0.324 e. The number of anilines is 3. The van der Waals surface area contributed by atoms with Gasteiger partial charge in [-0.2, -0.15) is 4.68 Å². The fraction of sp³-hybridized carbons (Fsp3) is 0.0500. The molecule has 150 valence electrons. The molecule has 10 heteroatoms. The number of tetrazole rings is 1. The standard InChI is InChI=1S/C20H17N7O2S/c1-13-24-25-26-27(13)16-9-5-8-15(12-16)21-19(28)17-10-11-18(30-17)23-20(29)22-14-6-3-2-4-7-14/h2-12H,1H3,(H,21,28)(H2,22,23,29). The molecule has 0 aliphatic carbocycles. The van der Waals surface area contributed by atoms with Gasteiger partial charge in [0.1, 0.15) is 0 Å². The topological polar surface area (TPSA) is 114 Å². The number of carbonyl (C=O) groups excluding carboxylic acids is 2. The lowest BCUT2D eigenvalue weighted by molar-refractivity contribution is 0.103. The van der Waals surface area contributed by atoms with Gasteiger partial charge in [-0.15, -0.1) is 16.4 Å². The van der Waals surface area contributed by atoms with E-state index in [1.165, 1.54) is 11.3 Å². The second kappa shape index (κ2) is 8.53. The molecule has 2 heterocycles. The molecule has 0 atom stereocenters. The van der Waals surface area contributed by atoms with Gasteiger partial charge in [0.05, 0.1) is 15.6 Å². The highest BCUT2D eigenvalue weighted by molar-refractivity contribution is 7.18. The summed E-state index contributed by atoms with van der Waals surface area (Å²) in [5, 5.41) is 20.3. The van der Waals surface area contributed by atoms with Crippen LogP contribution in [0.3, 0.4) is 0 Å². The van der Waals surface area contributed by atoms with Gasteiger partial charge in [-0.05, 0) is 59.8 Å². The summed E-state index contributed by atoms with van der Waals surface area (Å²) < 4.78 is 1.58. The number of aryl methyl sites for hydroxylation is 1. The number of nitrogens with one attached hydrogen (secondary N) is 3. The second-order valence-corrected chi connectivity index (χ2v) is 7.34. The fourth-order valence-corrected chi connectivity index (χ4v) is 3.50. The minimum Gasteiger partial charge on any atom is -0.321 e. The van der Waals surface area contributed by atoms with Crippen LogP contribution in [-0.2, 0) is 0 Å². The third kappa shape index (κ3) is 4.50. The maximum absolute atomic E-state index is 12.6. The lowest BCUT2D eigenvalue weighted by Gasteiger charge is -2.07. The van der Waals surface area contributed by atoms with Gasteiger partial charge in [-0.3, -0.25) is 10.1 Å². The first-order valence-electron chi connectivity index (χ1n) is 8.98.